The molecule has 0 aromatic heterocycles. The van der Waals surface area contributed by atoms with Gasteiger partial charge < -0.3 is 14.8 Å². The van der Waals surface area contributed by atoms with Gasteiger partial charge in [-0.3, -0.25) is 0 Å². The summed E-state index contributed by atoms with van der Waals surface area (Å²) in [6.45, 7) is 21.3. The topological polar surface area (TPSA) is 30.5 Å². The number of hydrogen-bond acceptors (Lipinski definition) is 3. The first kappa shape index (κ1) is 25.8. The summed E-state index contributed by atoms with van der Waals surface area (Å²) in [4.78, 5) is 0. The van der Waals surface area contributed by atoms with Crippen molar-refractivity contribution in [2.75, 3.05) is 13.9 Å². The van der Waals surface area contributed by atoms with E-state index in [1.165, 1.54) is 32.9 Å². The fourth-order valence-corrected chi connectivity index (χ4v) is 4.92. The lowest BCUT2D eigenvalue weighted by Gasteiger charge is -2.29. The molecule has 1 unspecified atom stereocenters. The molecule has 2 aromatic carbocycles. The minimum absolute atomic E-state index is 0.0304. The van der Waals surface area contributed by atoms with Gasteiger partial charge in [-0.15, -0.1) is 0 Å². The van der Waals surface area contributed by atoms with Crippen LogP contribution in [0.25, 0.3) is 0 Å². The summed E-state index contributed by atoms with van der Waals surface area (Å²) in [6.07, 6.45) is 0. The zero-order chi connectivity index (χ0) is 23.4. The number of rotatable bonds is 8. The largest absolute Gasteiger partial charge is 0.467 e. The number of benzene rings is 2. The van der Waals surface area contributed by atoms with Crippen molar-refractivity contribution in [2.45, 2.75) is 85.7 Å². The lowest BCUT2D eigenvalue weighted by Crippen LogP contribution is -2.27. The van der Waals surface area contributed by atoms with E-state index < -0.39 is 0 Å². The molecule has 0 bridgehead atoms. The van der Waals surface area contributed by atoms with Gasteiger partial charge in [0.15, 0.2) is 6.79 Å². The summed E-state index contributed by atoms with van der Waals surface area (Å²) < 4.78 is 11.5. The molecular formula is C27H42NO2P. The van der Waals surface area contributed by atoms with Crippen LogP contribution in [-0.4, -0.2) is 19.9 Å². The second-order valence-corrected chi connectivity index (χ2v) is 12.0. The zero-order valence-electron chi connectivity index (χ0n) is 21.2. The molecule has 3 nitrogen and oxygen atoms in total. The van der Waals surface area contributed by atoms with Gasteiger partial charge in [0, 0.05) is 30.6 Å². The number of aryl methyl sites for hydroxylation is 1. The van der Waals surface area contributed by atoms with Crippen LogP contribution in [-0.2, 0) is 22.1 Å². The maximum atomic E-state index is 6.23. The molecular weight excluding hydrogens is 401 g/mol. The van der Waals surface area contributed by atoms with Crippen LogP contribution in [0.1, 0.15) is 77.6 Å². The molecule has 0 saturated heterocycles. The molecule has 31 heavy (non-hydrogen) atoms. The summed E-state index contributed by atoms with van der Waals surface area (Å²) in [7, 11) is 2.20. The molecule has 1 N–H and O–H groups in total. The Labute approximate surface area is 192 Å². The van der Waals surface area contributed by atoms with Crippen molar-refractivity contribution in [3.8, 4) is 5.75 Å². The maximum absolute atomic E-state index is 6.23. The Morgan fingerprint density at radius 2 is 1.68 bits per heavy atom. The molecule has 0 amide bonds. The van der Waals surface area contributed by atoms with Crippen LogP contribution in [0.15, 0.2) is 30.3 Å². The van der Waals surface area contributed by atoms with Crippen molar-refractivity contribution in [1.82, 2.24) is 5.32 Å². The van der Waals surface area contributed by atoms with Crippen LogP contribution >= 0.6 is 8.58 Å². The van der Waals surface area contributed by atoms with Gasteiger partial charge in [0.25, 0.3) is 0 Å². The van der Waals surface area contributed by atoms with Gasteiger partial charge >= 0.3 is 0 Å². The normalized spacial score (nSPS) is 12.9. The van der Waals surface area contributed by atoms with Crippen molar-refractivity contribution in [2.24, 2.45) is 0 Å². The Bertz CT molecular complexity index is 876. The molecule has 4 heteroatoms. The van der Waals surface area contributed by atoms with E-state index in [0.29, 0.717) is 14.6 Å². The fourth-order valence-electron chi connectivity index (χ4n) is 3.49. The lowest BCUT2D eigenvalue weighted by atomic mass is 9.80. The first-order chi connectivity index (χ1) is 14.3. The minimum atomic E-state index is -0.0304. The van der Waals surface area contributed by atoms with Crippen LogP contribution in [0.2, 0.25) is 0 Å². The standard InChI is InChI=1S/C27H42NO2P/c1-18(2)28-16-20-13-11-12-19(3)25(20)31-23-15-21(26(4,5)6)14-22(27(7,8)9)24(23)30-17-29-10/h11-15,18,28,31H,16-17H2,1-10H3. The predicted octanol–water partition coefficient (Wildman–Crippen LogP) is 5.70. The predicted molar refractivity (Wildman–Crippen MR) is 137 cm³/mol. The third-order valence-corrected chi connectivity index (χ3v) is 7.01. The van der Waals surface area contributed by atoms with Crippen molar-refractivity contribution in [3.63, 3.8) is 0 Å². The molecule has 0 heterocycles. The smallest absolute Gasteiger partial charge is 0.188 e. The van der Waals surface area contributed by atoms with Gasteiger partial charge in [-0.05, 0) is 45.8 Å². The van der Waals surface area contributed by atoms with Gasteiger partial charge in [0.1, 0.15) is 5.75 Å². The van der Waals surface area contributed by atoms with E-state index in [2.05, 4.69) is 98.0 Å². The highest BCUT2D eigenvalue weighted by atomic mass is 31.1. The van der Waals surface area contributed by atoms with Gasteiger partial charge in [-0.25, -0.2) is 0 Å². The maximum Gasteiger partial charge on any atom is 0.188 e. The molecule has 1 atom stereocenters. The second kappa shape index (κ2) is 10.5. The Morgan fingerprint density at radius 1 is 1.00 bits per heavy atom. The quantitative estimate of drug-likeness (QED) is 0.419. The molecule has 0 radical (unpaired) electrons. The summed E-state index contributed by atoms with van der Waals surface area (Å²) >= 11 is 0. The van der Waals surface area contributed by atoms with Crippen LogP contribution < -0.4 is 20.7 Å². The Balaban J connectivity index is 2.67. The van der Waals surface area contributed by atoms with Crippen molar-refractivity contribution in [1.29, 1.82) is 0 Å². The molecule has 2 rings (SSSR count). The summed E-state index contributed by atoms with van der Waals surface area (Å²) in [5.74, 6) is 0.978. The zero-order valence-corrected chi connectivity index (χ0v) is 22.2. The lowest BCUT2D eigenvalue weighted by molar-refractivity contribution is 0.0506. The van der Waals surface area contributed by atoms with E-state index in [1.54, 1.807) is 7.11 Å². The van der Waals surface area contributed by atoms with Gasteiger partial charge in [0.2, 0.25) is 0 Å². The SMILES string of the molecule is COCOc1c(Pc2c(C)cccc2CNC(C)C)cc(C(C)(C)C)cc1C(C)(C)C. The monoisotopic (exact) mass is 443 g/mol. The van der Waals surface area contributed by atoms with E-state index in [1.807, 2.05) is 0 Å². The Morgan fingerprint density at radius 3 is 2.23 bits per heavy atom. The highest BCUT2D eigenvalue weighted by Gasteiger charge is 2.26. The third kappa shape index (κ3) is 7.04. The molecule has 172 valence electrons. The Kier molecular flexibility index (Phi) is 8.73. The van der Waals surface area contributed by atoms with Crippen LogP contribution in [0.3, 0.4) is 0 Å². The summed E-state index contributed by atoms with van der Waals surface area (Å²) in [6, 6.07) is 11.8. The van der Waals surface area contributed by atoms with E-state index in [-0.39, 0.29) is 17.6 Å². The average Bonchev–Trinajstić information content (AvgIpc) is 2.65. The molecule has 0 saturated carbocycles. The molecule has 0 aliphatic rings. The van der Waals surface area contributed by atoms with Crippen LogP contribution in [0, 0.1) is 6.92 Å². The van der Waals surface area contributed by atoms with Crippen LogP contribution in [0.4, 0.5) is 0 Å². The van der Waals surface area contributed by atoms with Crippen LogP contribution in [0.5, 0.6) is 5.75 Å². The van der Waals surface area contributed by atoms with Crippen molar-refractivity contribution < 1.29 is 9.47 Å². The summed E-state index contributed by atoms with van der Waals surface area (Å²) in [5.41, 5.74) is 5.32. The fraction of sp³-hybridized carbons (Fsp3) is 0.556. The minimum Gasteiger partial charge on any atom is -0.467 e. The Hall–Kier alpha value is -1.41. The third-order valence-electron chi connectivity index (χ3n) is 5.40. The van der Waals surface area contributed by atoms with Gasteiger partial charge in [0.05, 0.1) is 0 Å². The number of nitrogens with one attached hydrogen (secondary N) is 1. The highest BCUT2D eigenvalue weighted by Crippen LogP contribution is 2.37. The number of ether oxygens (including phenoxy) is 2. The number of hydrogen-bond donors (Lipinski definition) is 1. The van der Waals surface area contributed by atoms with E-state index in [9.17, 15) is 0 Å². The van der Waals surface area contributed by atoms with Gasteiger partial charge in [-0.2, -0.15) is 0 Å². The molecule has 0 aliphatic heterocycles. The van der Waals surface area contributed by atoms with E-state index in [0.717, 1.165) is 12.3 Å². The highest BCUT2D eigenvalue weighted by molar-refractivity contribution is 7.56. The molecule has 0 fully saturated rings. The van der Waals surface area contributed by atoms with E-state index >= 15 is 0 Å². The number of methoxy groups -OCH3 is 1. The van der Waals surface area contributed by atoms with Crippen molar-refractivity contribution in [3.05, 3.63) is 52.6 Å². The van der Waals surface area contributed by atoms with E-state index in [4.69, 9.17) is 9.47 Å². The first-order valence-electron chi connectivity index (χ1n) is 11.2. The molecule has 0 aliphatic carbocycles. The second-order valence-electron chi connectivity index (χ2n) is 10.7. The first-order valence-corrected chi connectivity index (χ1v) is 12.2. The van der Waals surface area contributed by atoms with Crippen molar-refractivity contribution >= 4 is 19.2 Å². The molecule has 0 spiro atoms. The van der Waals surface area contributed by atoms with Gasteiger partial charge in [-0.1, -0.05) is 88.2 Å². The average molecular weight is 444 g/mol. The summed E-state index contributed by atoms with van der Waals surface area (Å²) in [5, 5.41) is 6.25. The molecule has 2 aromatic rings.